The molecule has 0 atom stereocenters. The van der Waals surface area contributed by atoms with Crippen molar-refractivity contribution in [2.75, 3.05) is 5.32 Å². The second-order valence-corrected chi connectivity index (χ2v) is 7.04. The molecule has 4 nitrogen and oxygen atoms in total. The first-order valence-corrected chi connectivity index (χ1v) is 9.16. The van der Waals surface area contributed by atoms with Crippen LogP contribution >= 0.6 is 11.6 Å². The number of carbonyl (C=O) groups excluding carboxylic acids is 2. The number of carbonyl (C=O) groups is 2. The Morgan fingerprint density at radius 2 is 1.76 bits per heavy atom. The SMILES string of the molecule is CC(C)C(=O)Nc1ccc(CNC(=O)/C=C/c2ccc(Cl)c(C(F)(F)F)c2)cc1. The number of alkyl halides is 3. The minimum absolute atomic E-state index is 0.0907. The Balaban J connectivity index is 1.92. The van der Waals surface area contributed by atoms with Gasteiger partial charge in [0.2, 0.25) is 11.8 Å². The average Bonchev–Trinajstić information content (AvgIpc) is 2.65. The highest BCUT2D eigenvalue weighted by Crippen LogP contribution is 2.35. The molecule has 154 valence electrons. The summed E-state index contributed by atoms with van der Waals surface area (Å²) in [6, 6.07) is 10.4. The molecule has 0 saturated carbocycles. The molecule has 0 fully saturated rings. The lowest BCUT2D eigenvalue weighted by Crippen LogP contribution is -2.20. The van der Waals surface area contributed by atoms with Gasteiger partial charge in [0.25, 0.3) is 0 Å². The first-order chi connectivity index (χ1) is 13.6. The van der Waals surface area contributed by atoms with Gasteiger partial charge in [0.1, 0.15) is 0 Å². The third-order valence-corrected chi connectivity index (χ3v) is 4.27. The smallest absolute Gasteiger partial charge is 0.348 e. The van der Waals surface area contributed by atoms with E-state index in [1.165, 1.54) is 12.1 Å². The maximum Gasteiger partial charge on any atom is 0.417 e. The van der Waals surface area contributed by atoms with E-state index in [4.69, 9.17) is 11.6 Å². The standard InChI is InChI=1S/C21H20ClF3N2O2/c1-13(2)20(29)27-16-7-3-15(4-8-16)12-26-19(28)10-6-14-5-9-18(22)17(11-14)21(23,24)25/h3-11,13H,12H2,1-2H3,(H,26,28)(H,27,29)/b10-6+. The Bertz CT molecular complexity index is 907. The van der Waals surface area contributed by atoms with Gasteiger partial charge in [-0.15, -0.1) is 0 Å². The third-order valence-electron chi connectivity index (χ3n) is 3.94. The summed E-state index contributed by atoms with van der Waals surface area (Å²) < 4.78 is 38.6. The lowest BCUT2D eigenvalue weighted by molar-refractivity contribution is -0.137. The molecule has 0 aromatic heterocycles. The van der Waals surface area contributed by atoms with Crippen LogP contribution in [-0.2, 0) is 22.3 Å². The molecule has 0 radical (unpaired) electrons. The van der Waals surface area contributed by atoms with Gasteiger partial charge >= 0.3 is 6.18 Å². The summed E-state index contributed by atoms with van der Waals surface area (Å²) in [5.41, 5.74) is 0.718. The Labute approximate surface area is 171 Å². The highest BCUT2D eigenvalue weighted by Gasteiger charge is 2.33. The van der Waals surface area contributed by atoms with Gasteiger partial charge in [-0.3, -0.25) is 9.59 Å². The van der Waals surface area contributed by atoms with Gasteiger partial charge in [-0.05, 0) is 41.5 Å². The summed E-state index contributed by atoms with van der Waals surface area (Å²) >= 11 is 5.57. The van der Waals surface area contributed by atoms with E-state index in [2.05, 4.69) is 10.6 Å². The van der Waals surface area contributed by atoms with Crippen LogP contribution in [0.2, 0.25) is 5.02 Å². The monoisotopic (exact) mass is 424 g/mol. The quantitative estimate of drug-likeness (QED) is 0.619. The van der Waals surface area contributed by atoms with Crippen LogP contribution in [0.15, 0.2) is 48.5 Å². The minimum atomic E-state index is -4.57. The summed E-state index contributed by atoms with van der Waals surface area (Å²) in [4.78, 5) is 23.6. The van der Waals surface area contributed by atoms with E-state index in [1.807, 2.05) is 0 Å². The van der Waals surface area contributed by atoms with E-state index in [1.54, 1.807) is 38.1 Å². The number of nitrogens with one attached hydrogen (secondary N) is 2. The van der Waals surface area contributed by atoms with Gasteiger partial charge < -0.3 is 10.6 Å². The molecule has 8 heteroatoms. The van der Waals surface area contributed by atoms with Gasteiger partial charge in [-0.2, -0.15) is 13.2 Å². The number of anilines is 1. The molecule has 29 heavy (non-hydrogen) atoms. The summed E-state index contributed by atoms with van der Waals surface area (Å²) in [5.74, 6) is -0.675. The number of rotatable bonds is 6. The van der Waals surface area contributed by atoms with Crippen molar-refractivity contribution in [1.29, 1.82) is 0 Å². The predicted molar refractivity (Wildman–Crippen MR) is 107 cm³/mol. The summed E-state index contributed by atoms with van der Waals surface area (Å²) in [7, 11) is 0. The first kappa shape index (κ1) is 22.5. The Kier molecular flexibility index (Phi) is 7.45. The van der Waals surface area contributed by atoms with Crippen molar-refractivity contribution in [2.24, 2.45) is 5.92 Å². The fourth-order valence-electron chi connectivity index (χ4n) is 2.28. The molecule has 0 aliphatic heterocycles. The molecule has 2 amide bonds. The first-order valence-electron chi connectivity index (χ1n) is 8.78. The lowest BCUT2D eigenvalue weighted by Gasteiger charge is -2.09. The van der Waals surface area contributed by atoms with Crippen molar-refractivity contribution >= 4 is 35.2 Å². The van der Waals surface area contributed by atoms with Crippen LogP contribution in [0.25, 0.3) is 6.08 Å². The summed E-state index contributed by atoms with van der Waals surface area (Å²) in [6.07, 6.45) is -2.13. The fourth-order valence-corrected chi connectivity index (χ4v) is 2.50. The van der Waals surface area contributed by atoms with Crippen LogP contribution in [0.4, 0.5) is 18.9 Å². The lowest BCUT2D eigenvalue weighted by atomic mass is 10.1. The molecule has 0 aliphatic carbocycles. The molecule has 0 saturated heterocycles. The molecular formula is C21H20ClF3N2O2. The fraction of sp³-hybridized carbons (Fsp3) is 0.238. The van der Waals surface area contributed by atoms with E-state index in [0.717, 1.165) is 23.8 Å². The van der Waals surface area contributed by atoms with Crippen LogP contribution in [0.3, 0.4) is 0 Å². The van der Waals surface area contributed by atoms with Crippen molar-refractivity contribution in [3.63, 3.8) is 0 Å². The van der Waals surface area contributed by atoms with Crippen LogP contribution in [-0.4, -0.2) is 11.8 Å². The molecule has 2 aromatic rings. The normalized spacial score (nSPS) is 11.7. The molecule has 2 rings (SSSR count). The Hall–Kier alpha value is -2.80. The minimum Gasteiger partial charge on any atom is -0.348 e. The zero-order valence-corrected chi connectivity index (χ0v) is 16.6. The van der Waals surface area contributed by atoms with E-state index < -0.39 is 22.7 Å². The van der Waals surface area contributed by atoms with Crippen LogP contribution < -0.4 is 10.6 Å². The zero-order chi connectivity index (χ0) is 21.6. The van der Waals surface area contributed by atoms with Gasteiger partial charge in [0.15, 0.2) is 0 Å². The van der Waals surface area contributed by atoms with Gasteiger partial charge in [-0.25, -0.2) is 0 Å². The predicted octanol–water partition coefficient (Wildman–Crippen LogP) is 5.28. The van der Waals surface area contributed by atoms with E-state index >= 15 is 0 Å². The second kappa shape index (κ2) is 9.60. The Morgan fingerprint density at radius 1 is 1.10 bits per heavy atom. The van der Waals surface area contributed by atoms with Crippen molar-refractivity contribution in [3.8, 4) is 0 Å². The number of benzene rings is 2. The molecule has 2 aromatic carbocycles. The van der Waals surface area contributed by atoms with Gasteiger partial charge in [-0.1, -0.05) is 43.6 Å². The van der Waals surface area contributed by atoms with Crippen molar-refractivity contribution in [1.82, 2.24) is 5.32 Å². The molecule has 0 aliphatic rings. The Morgan fingerprint density at radius 3 is 2.34 bits per heavy atom. The van der Waals surface area contributed by atoms with Gasteiger partial charge in [0, 0.05) is 24.2 Å². The van der Waals surface area contributed by atoms with Crippen molar-refractivity contribution in [3.05, 3.63) is 70.3 Å². The number of amides is 2. The van der Waals surface area contributed by atoms with Crippen LogP contribution in [0.5, 0.6) is 0 Å². The van der Waals surface area contributed by atoms with Crippen molar-refractivity contribution in [2.45, 2.75) is 26.6 Å². The third kappa shape index (κ3) is 6.94. The topological polar surface area (TPSA) is 58.2 Å². The maximum absolute atomic E-state index is 12.9. The second-order valence-electron chi connectivity index (χ2n) is 6.63. The number of hydrogen-bond acceptors (Lipinski definition) is 2. The zero-order valence-electron chi connectivity index (χ0n) is 15.8. The summed E-state index contributed by atoms with van der Waals surface area (Å²) in [5, 5.41) is 5.01. The van der Waals surface area contributed by atoms with Crippen LogP contribution in [0, 0.1) is 5.92 Å². The molecule has 2 N–H and O–H groups in total. The average molecular weight is 425 g/mol. The number of halogens is 4. The van der Waals surface area contributed by atoms with E-state index in [0.29, 0.717) is 5.69 Å². The largest absolute Gasteiger partial charge is 0.417 e. The van der Waals surface area contributed by atoms with Gasteiger partial charge in [0.05, 0.1) is 10.6 Å². The van der Waals surface area contributed by atoms with E-state index in [9.17, 15) is 22.8 Å². The van der Waals surface area contributed by atoms with Crippen LogP contribution in [0.1, 0.15) is 30.5 Å². The summed E-state index contributed by atoms with van der Waals surface area (Å²) in [6.45, 7) is 3.82. The molecule has 0 unspecified atom stereocenters. The molecule has 0 spiro atoms. The highest BCUT2D eigenvalue weighted by molar-refractivity contribution is 6.31. The number of hydrogen-bond donors (Lipinski definition) is 2. The molecule has 0 heterocycles. The maximum atomic E-state index is 12.9. The van der Waals surface area contributed by atoms with E-state index in [-0.39, 0.29) is 23.9 Å². The molecular weight excluding hydrogens is 405 g/mol. The highest BCUT2D eigenvalue weighted by atomic mass is 35.5. The molecule has 0 bridgehead atoms. The van der Waals surface area contributed by atoms with Crippen molar-refractivity contribution < 1.29 is 22.8 Å².